The summed E-state index contributed by atoms with van der Waals surface area (Å²) in [7, 11) is 0. The standard InChI is InChI=1S/C33H19BrOS/c34-22-15-16-26-21(17-22)14-13-20-7-1-3-9-25(20)33(26)27-10-4-6-12-31(27)36-32-19-30-24(18-28(32)33)23-8-2-5-11-29(23)35-30/h1-19H. The minimum absolute atomic E-state index is 0.458. The van der Waals surface area contributed by atoms with Crippen LogP contribution in [0.1, 0.15) is 33.4 Å². The largest absolute Gasteiger partial charge is 0.456 e. The Kier molecular flexibility index (Phi) is 4.29. The molecule has 0 amide bonds. The van der Waals surface area contributed by atoms with E-state index >= 15 is 0 Å². The average molecular weight is 543 g/mol. The molecule has 0 bridgehead atoms. The van der Waals surface area contributed by atoms with Gasteiger partial charge in [0.1, 0.15) is 11.2 Å². The van der Waals surface area contributed by atoms with Gasteiger partial charge in [0.2, 0.25) is 0 Å². The third-order valence-corrected chi connectivity index (χ3v) is 9.25. The lowest BCUT2D eigenvalue weighted by atomic mass is 9.63. The number of fused-ring (bicyclic) bond motifs is 11. The van der Waals surface area contributed by atoms with Crippen LogP contribution in [0.5, 0.6) is 0 Å². The van der Waals surface area contributed by atoms with E-state index in [9.17, 15) is 0 Å². The van der Waals surface area contributed by atoms with Crippen LogP contribution in [0.2, 0.25) is 0 Å². The van der Waals surface area contributed by atoms with Gasteiger partial charge in [0.15, 0.2) is 0 Å². The van der Waals surface area contributed by atoms with Crippen LogP contribution in [-0.4, -0.2) is 0 Å². The van der Waals surface area contributed by atoms with Crippen LogP contribution in [0, 0.1) is 0 Å². The fraction of sp³-hybridized carbons (Fsp3) is 0.0303. The van der Waals surface area contributed by atoms with E-state index in [-0.39, 0.29) is 0 Å². The molecule has 0 saturated carbocycles. The van der Waals surface area contributed by atoms with Gasteiger partial charge >= 0.3 is 0 Å². The van der Waals surface area contributed by atoms with E-state index in [0.717, 1.165) is 26.4 Å². The molecule has 1 aliphatic carbocycles. The number of furan rings is 1. The molecule has 0 saturated heterocycles. The Hall–Kier alpha value is -3.53. The van der Waals surface area contributed by atoms with E-state index in [1.54, 1.807) is 0 Å². The van der Waals surface area contributed by atoms with Crippen molar-refractivity contribution < 1.29 is 4.42 Å². The molecule has 6 aromatic rings. The van der Waals surface area contributed by atoms with E-state index in [2.05, 4.69) is 125 Å². The zero-order chi connectivity index (χ0) is 23.9. The number of hydrogen-bond acceptors (Lipinski definition) is 2. The minimum atomic E-state index is -0.458. The molecular weight excluding hydrogens is 524 g/mol. The smallest absolute Gasteiger partial charge is 0.136 e. The number of benzene rings is 5. The Morgan fingerprint density at radius 3 is 2.25 bits per heavy atom. The normalized spacial score (nSPS) is 17.5. The third-order valence-electron chi connectivity index (χ3n) is 7.62. The van der Waals surface area contributed by atoms with Crippen molar-refractivity contribution in [2.75, 3.05) is 0 Å². The molecule has 8 rings (SSSR count). The average Bonchev–Trinajstić information content (AvgIpc) is 3.20. The quantitative estimate of drug-likeness (QED) is 0.189. The molecule has 3 heteroatoms. The van der Waals surface area contributed by atoms with Crippen molar-refractivity contribution in [2.24, 2.45) is 0 Å². The van der Waals surface area contributed by atoms with Gasteiger partial charge in [-0.2, -0.15) is 0 Å². The summed E-state index contributed by atoms with van der Waals surface area (Å²) in [6, 6.07) is 37.5. The van der Waals surface area contributed by atoms with Gasteiger partial charge in [-0.25, -0.2) is 0 Å². The first-order valence-electron chi connectivity index (χ1n) is 12.0. The van der Waals surface area contributed by atoms with E-state index in [1.807, 2.05) is 17.8 Å². The Balaban J connectivity index is 1.61. The molecule has 0 radical (unpaired) electrons. The predicted octanol–water partition coefficient (Wildman–Crippen LogP) is 9.68. The van der Waals surface area contributed by atoms with Gasteiger partial charge < -0.3 is 4.42 Å². The highest BCUT2D eigenvalue weighted by molar-refractivity contribution is 9.10. The van der Waals surface area contributed by atoms with Crippen molar-refractivity contribution in [1.82, 2.24) is 0 Å². The maximum absolute atomic E-state index is 6.33. The molecule has 1 atom stereocenters. The van der Waals surface area contributed by atoms with Gasteiger partial charge in [-0.3, -0.25) is 0 Å². The summed E-state index contributed by atoms with van der Waals surface area (Å²) in [5, 5.41) is 2.32. The Labute approximate surface area is 221 Å². The van der Waals surface area contributed by atoms with Gasteiger partial charge in [-0.15, -0.1) is 0 Å². The monoisotopic (exact) mass is 542 g/mol. The van der Waals surface area contributed by atoms with Crippen LogP contribution in [-0.2, 0) is 5.41 Å². The van der Waals surface area contributed by atoms with Gasteiger partial charge in [0.25, 0.3) is 0 Å². The van der Waals surface area contributed by atoms with Crippen LogP contribution in [0.3, 0.4) is 0 Å². The highest BCUT2D eigenvalue weighted by Crippen LogP contribution is 2.59. The highest BCUT2D eigenvalue weighted by Gasteiger charge is 2.47. The fourth-order valence-corrected chi connectivity index (χ4v) is 7.74. The van der Waals surface area contributed by atoms with Crippen molar-refractivity contribution >= 4 is 61.8 Å². The van der Waals surface area contributed by atoms with E-state index in [0.29, 0.717) is 0 Å². The van der Waals surface area contributed by atoms with Crippen molar-refractivity contribution in [1.29, 1.82) is 0 Å². The zero-order valence-corrected chi connectivity index (χ0v) is 21.6. The maximum Gasteiger partial charge on any atom is 0.136 e. The van der Waals surface area contributed by atoms with Gasteiger partial charge in [0.05, 0.1) is 5.41 Å². The first-order chi connectivity index (χ1) is 17.7. The molecule has 1 aliphatic heterocycles. The number of para-hydroxylation sites is 1. The van der Waals surface area contributed by atoms with Crippen molar-refractivity contribution in [2.45, 2.75) is 15.2 Å². The fourth-order valence-electron chi connectivity index (χ4n) is 6.16. The van der Waals surface area contributed by atoms with Crippen molar-refractivity contribution in [3.8, 4) is 0 Å². The SMILES string of the molecule is Brc1ccc2c(c1)C=Cc1ccccc1C21c2ccccc2Sc2cc3oc4ccccc4c3cc21. The molecule has 1 unspecified atom stereocenters. The highest BCUT2D eigenvalue weighted by atomic mass is 79.9. The second kappa shape index (κ2) is 7.49. The topological polar surface area (TPSA) is 13.1 Å². The van der Waals surface area contributed by atoms with Crippen molar-refractivity contribution in [3.05, 3.63) is 141 Å². The number of hydrogen-bond donors (Lipinski definition) is 0. The van der Waals surface area contributed by atoms with Crippen molar-refractivity contribution in [3.63, 3.8) is 0 Å². The molecule has 1 spiro atoms. The number of rotatable bonds is 0. The predicted molar refractivity (Wildman–Crippen MR) is 153 cm³/mol. The van der Waals surface area contributed by atoms with Crippen LogP contribution < -0.4 is 0 Å². The summed E-state index contributed by atoms with van der Waals surface area (Å²) >= 11 is 5.58. The Morgan fingerprint density at radius 2 is 1.31 bits per heavy atom. The first-order valence-corrected chi connectivity index (χ1v) is 13.7. The molecule has 0 N–H and O–H groups in total. The van der Waals surface area contributed by atoms with E-state index < -0.39 is 5.41 Å². The summed E-state index contributed by atoms with van der Waals surface area (Å²) in [4.78, 5) is 2.52. The second-order valence-electron chi connectivity index (χ2n) is 9.44. The summed E-state index contributed by atoms with van der Waals surface area (Å²) in [5.74, 6) is 0. The molecule has 36 heavy (non-hydrogen) atoms. The summed E-state index contributed by atoms with van der Waals surface area (Å²) in [6.07, 6.45) is 4.54. The molecule has 2 heterocycles. The minimum Gasteiger partial charge on any atom is -0.456 e. The van der Waals surface area contributed by atoms with Gasteiger partial charge in [0, 0.05) is 25.0 Å². The molecule has 1 nitrogen and oxygen atoms in total. The summed E-state index contributed by atoms with van der Waals surface area (Å²) in [6.45, 7) is 0. The lowest BCUT2D eigenvalue weighted by Crippen LogP contribution is -2.35. The molecule has 5 aromatic carbocycles. The third kappa shape index (κ3) is 2.67. The number of halogens is 1. The molecule has 2 aliphatic rings. The zero-order valence-electron chi connectivity index (χ0n) is 19.2. The molecule has 1 aromatic heterocycles. The van der Waals surface area contributed by atoms with E-state index in [1.165, 1.54) is 43.2 Å². The lowest BCUT2D eigenvalue weighted by Gasteiger charge is -2.42. The van der Waals surface area contributed by atoms with Gasteiger partial charge in [-0.05, 0) is 69.8 Å². The van der Waals surface area contributed by atoms with Crippen LogP contribution >= 0.6 is 27.7 Å². The summed E-state index contributed by atoms with van der Waals surface area (Å²) in [5.41, 5.74) is 9.13. The van der Waals surface area contributed by atoms with Crippen LogP contribution in [0.25, 0.3) is 34.1 Å². The lowest BCUT2D eigenvalue weighted by molar-refractivity contribution is 0.663. The molecular formula is C33H19BrOS. The summed E-state index contributed by atoms with van der Waals surface area (Å²) < 4.78 is 7.41. The Morgan fingerprint density at radius 1 is 0.556 bits per heavy atom. The van der Waals surface area contributed by atoms with Gasteiger partial charge in [-0.1, -0.05) is 107 Å². The first kappa shape index (κ1) is 20.6. The maximum atomic E-state index is 6.33. The molecule has 170 valence electrons. The molecule has 0 fully saturated rings. The van der Waals surface area contributed by atoms with Crippen LogP contribution in [0.15, 0.2) is 122 Å². The van der Waals surface area contributed by atoms with Crippen LogP contribution in [0.4, 0.5) is 0 Å². The van der Waals surface area contributed by atoms with E-state index in [4.69, 9.17) is 4.42 Å². The second-order valence-corrected chi connectivity index (χ2v) is 11.4. The Bertz CT molecular complexity index is 1900.